The normalized spacial score (nSPS) is 27.9. The summed E-state index contributed by atoms with van der Waals surface area (Å²) in [5.41, 5.74) is -0.635. The van der Waals surface area contributed by atoms with Gasteiger partial charge in [-0.15, -0.1) is 0 Å². The molecule has 0 bridgehead atoms. The van der Waals surface area contributed by atoms with E-state index in [0.717, 1.165) is 19.3 Å². The third-order valence-corrected chi connectivity index (χ3v) is 5.07. The molecule has 0 aliphatic heterocycles. The van der Waals surface area contributed by atoms with Gasteiger partial charge < -0.3 is 5.11 Å². The van der Waals surface area contributed by atoms with Crippen molar-refractivity contribution < 1.29 is 9.50 Å². The molecular formula is C16H19BrFNO. The minimum atomic E-state index is -1.07. The second-order valence-corrected chi connectivity index (χ2v) is 6.60. The minimum absolute atomic E-state index is 0.218. The van der Waals surface area contributed by atoms with E-state index in [0.29, 0.717) is 23.2 Å². The Morgan fingerprint density at radius 2 is 2.15 bits per heavy atom. The van der Waals surface area contributed by atoms with E-state index >= 15 is 0 Å². The fourth-order valence-electron chi connectivity index (χ4n) is 3.07. The van der Waals surface area contributed by atoms with Gasteiger partial charge in [0.15, 0.2) is 0 Å². The van der Waals surface area contributed by atoms with Crippen molar-refractivity contribution in [2.75, 3.05) is 0 Å². The van der Waals surface area contributed by atoms with Crippen LogP contribution in [-0.2, 0) is 0 Å². The summed E-state index contributed by atoms with van der Waals surface area (Å²) in [5.74, 6) is 0.170. The van der Waals surface area contributed by atoms with E-state index in [4.69, 9.17) is 0 Å². The van der Waals surface area contributed by atoms with E-state index in [9.17, 15) is 14.8 Å². The molecule has 20 heavy (non-hydrogen) atoms. The zero-order chi connectivity index (χ0) is 14.8. The van der Waals surface area contributed by atoms with E-state index in [1.54, 1.807) is 12.1 Å². The molecule has 1 aliphatic carbocycles. The number of aliphatic hydroxyl groups is 1. The third kappa shape index (κ3) is 2.89. The summed E-state index contributed by atoms with van der Waals surface area (Å²) in [6.07, 6.45) is 3.16. The van der Waals surface area contributed by atoms with Crippen molar-refractivity contribution in [3.63, 3.8) is 0 Å². The molecule has 0 saturated heterocycles. The quantitative estimate of drug-likeness (QED) is 0.864. The predicted molar refractivity (Wildman–Crippen MR) is 79.4 cm³/mol. The van der Waals surface area contributed by atoms with Crippen LogP contribution in [0.5, 0.6) is 0 Å². The van der Waals surface area contributed by atoms with Crippen LogP contribution in [0.3, 0.4) is 0 Å². The lowest BCUT2D eigenvalue weighted by atomic mass is 9.66. The molecule has 1 saturated carbocycles. The lowest BCUT2D eigenvalue weighted by molar-refractivity contribution is 0.0219. The fraction of sp³-hybridized carbons (Fsp3) is 0.562. The van der Waals surface area contributed by atoms with E-state index in [2.05, 4.69) is 28.9 Å². The Kier molecular flexibility index (Phi) is 4.82. The molecule has 108 valence electrons. The molecule has 1 N–H and O–H groups in total. The Labute approximate surface area is 127 Å². The van der Waals surface area contributed by atoms with E-state index < -0.39 is 17.3 Å². The lowest BCUT2D eigenvalue weighted by Gasteiger charge is -2.38. The van der Waals surface area contributed by atoms with Gasteiger partial charge in [-0.25, -0.2) is 4.39 Å². The topological polar surface area (TPSA) is 44.0 Å². The first-order chi connectivity index (χ1) is 9.52. The van der Waals surface area contributed by atoms with Gasteiger partial charge in [0.25, 0.3) is 0 Å². The second kappa shape index (κ2) is 6.24. The molecule has 0 heterocycles. The Balaban J connectivity index is 2.28. The molecule has 2 nitrogen and oxygen atoms in total. The summed E-state index contributed by atoms with van der Waals surface area (Å²) in [6.45, 7) is 2.15. The van der Waals surface area contributed by atoms with Crippen LogP contribution in [0.4, 0.5) is 4.39 Å². The van der Waals surface area contributed by atoms with Crippen LogP contribution in [0.25, 0.3) is 0 Å². The van der Waals surface area contributed by atoms with Crippen molar-refractivity contribution in [1.82, 2.24) is 0 Å². The maximum Gasteiger partial charge on any atom is 0.129 e. The largest absolute Gasteiger partial charge is 0.387 e. The number of halogens is 2. The zero-order valence-corrected chi connectivity index (χ0v) is 13.2. The second-order valence-electron chi connectivity index (χ2n) is 5.69. The maximum atomic E-state index is 13.9. The number of nitriles is 1. The van der Waals surface area contributed by atoms with Gasteiger partial charge >= 0.3 is 0 Å². The molecule has 0 spiro atoms. The van der Waals surface area contributed by atoms with Gasteiger partial charge in [0.05, 0.1) is 11.5 Å². The van der Waals surface area contributed by atoms with Gasteiger partial charge in [0.1, 0.15) is 11.9 Å². The highest BCUT2D eigenvalue weighted by molar-refractivity contribution is 9.10. The molecule has 1 atom stereocenters. The first-order valence-electron chi connectivity index (χ1n) is 7.06. The first-order valence-corrected chi connectivity index (χ1v) is 7.86. The smallest absolute Gasteiger partial charge is 0.129 e. The molecule has 2 rings (SSSR count). The summed E-state index contributed by atoms with van der Waals surface area (Å²) in [5, 5.41) is 20.1. The van der Waals surface area contributed by atoms with Crippen LogP contribution in [0.15, 0.2) is 22.7 Å². The van der Waals surface area contributed by atoms with Crippen LogP contribution in [0.1, 0.15) is 50.7 Å². The number of rotatable bonds is 3. The number of hydrogen-bond acceptors (Lipinski definition) is 2. The molecule has 0 radical (unpaired) electrons. The molecule has 1 aromatic rings. The Bertz CT molecular complexity index is 518. The van der Waals surface area contributed by atoms with Gasteiger partial charge in [-0.1, -0.05) is 29.3 Å². The lowest BCUT2D eigenvalue weighted by Crippen LogP contribution is -2.33. The minimum Gasteiger partial charge on any atom is -0.387 e. The Morgan fingerprint density at radius 1 is 1.50 bits per heavy atom. The van der Waals surface area contributed by atoms with Crippen LogP contribution < -0.4 is 0 Å². The van der Waals surface area contributed by atoms with Crippen LogP contribution in [-0.4, -0.2) is 5.11 Å². The van der Waals surface area contributed by atoms with Crippen molar-refractivity contribution in [1.29, 1.82) is 5.26 Å². The summed E-state index contributed by atoms with van der Waals surface area (Å²) >= 11 is 3.29. The van der Waals surface area contributed by atoms with Gasteiger partial charge in [0.2, 0.25) is 0 Å². The molecule has 1 aromatic carbocycles. The molecule has 0 amide bonds. The molecule has 0 aromatic heterocycles. The summed E-state index contributed by atoms with van der Waals surface area (Å²) in [7, 11) is 0. The Morgan fingerprint density at radius 3 is 2.70 bits per heavy atom. The number of hydrogen-bond donors (Lipinski definition) is 1. The van der Waals surface area contributed by atoms with Gasteiger partial charge in [-0.3, -0.25) is 0 Å². The molecule has 4 heteroatoms. The fourth-order valence-corrected chi connectivity index (χ4v) is 3.45. The van der Waals surface area contributed by atoms with Crippen molar-refractivity contribution in [3.05, 3.63) is 34.1 Å². The van der Waals surface area contributed by atoms with Crippen LogP contribution >= 0.6 is 15.9 Å². The van der Waals surface area contributed by atoms with Gasteiger partial charge in [0, 0.05) is 10.0 Å². The number of aliphatic hydroxyl groups excluding tert-OH is 1. The van der Waals surface area contributed by atoms with E-state index in [1.165, 1.54) is 6.07 Å². The van der Waals surface area contributed by atoms with Crippen LogP contribution in [0, 0.1) is 28.5 Å². The SMILES string of the molecule is CCC1CCC(C#N)(C(O)c2cc(Br)ccc2F)CC1. The van der Waals surface area contributed by atoms with E-state index in [1.807, 2.05) is 0 Å². The molecule has 1 fully saturated rings. The molecular weight excluding hydrogens is 321 g/mol. The monoisotopic (exact) mass is 339 g/mol. The van der Waals surface area contributed by atoms with Crippen LogP contribution in [0.2, 0.25) is 0 Å². The van der Waals surface area contributed by atoms with Crippen molar-refractivity contribution in [2.45, 2.75) is 45.1 Å². The molecule has 1 aliphatic rings. The first kappa shape index (κ1) is 15.5. The highest BCUT2D eigenvalue weighted by Crippen LogP contribution is 2.48. The summed E-state index contributed by atoms with van der Waals surface area (Å²) in [4.78, 5) is 0. The van der Waals surface area contributed by atoms with E-state index in [-0.39, 0.29) is 5.56 Å². The average Bonchev–Trinajstić information content (AvgIpc) is 2.49. The summed E-state index contributed by atoms with van der Waals surface area (Å²) in [6, 6.07) is 6.77. The third-order valence-electron chi connectivity index (χ3n) is 4.57. The average molecular weight is 340 g/mol. The zero-order valence-electron chi connectivity index (χ0n) is 11.6. The maximum absolute atomic E-state index is 13.9. The Hall–Kier alpha value is -0.920. The number of nitrogens with zero attached hydrogens (tertiary/aromatic N) is 1. The van der Waals surface area contributed by atoms with Crippen molar-refractivity contribution in [3.8, 4) is 6.07 Å². The van der Waals surface area contributed by atoms with Crippen molar-refractivity contribution in [2.24, 2.45) is 11.3 Å². The van der Waals surface area contributed by atoms with Gasteiger partial charge in [-0.05, 0) is 49.8 Å². The summed E-state index contributed by atoms with van der Waals surface area (Å²) < 4.78 is 14.6. The van der Waals surface area contributed by atoms with Gasteiger partial charge in [-0.2, -0.15) is 5.26 Å². The number of benzene rings is 1. The molecule has 1 unspecified atom stereocenters. The standard InChI is InChI=1S/C16H19BrFNO/c1-2-11-5-7-16(10-19,8-6-11)15(20)13-9-12(17)3-4-14(13)18/h3-4,9,11,15,20H,2,5-8H2,1H3. The predicted octanol–water partition coefficient (Wildman–Crippen LogP) is 4.73. The highest BCUT2D eigenvalue weighted by atomic mass is 79.9. The van der Waals surface area contributed by atoms with Crippen molar-refractivity contribution >= 4 is 15.9 Å². The highest BCUT2D eigenvalue weighted by Gasteiger charge is 2.43.